The number of hydrogen-bond donors (Lipinski definition) is 2. The largest absolute Gasteiger partial charge is 0.481 e. The molecule has 0 spiro atoms. The van der Waals surface area contributed by atoms with E-state index in [-0.39, 0.29) is 19.1 Å². The van der Waals surface area contributed by atoms with Crippen LogP contribution in [0.2, 0.25) is 0 Å². The molecular formula is C12H12INO4. The highest BCUT2D eigenvalue weighted by Crippen LogP contribution is 2.15. The Labute approximate surface area is 118 Å². The van der Waals surface area contributed by atoms with E-state index >= 15 is 0 Å². The molecule has 2 unspecified atom stereocenters. The molecule has 1 fully saturated rings. The first-order valence-corrected chi connectivity index (χ1v) is 6.53. The average Bonchev–Trinajstić information content (AvgIpc) is 2.77. The number of hydrogen-bond acceptors (Lipinski definition) is 3. The first-order valence-electron chi connectivity index (χ1n) is 5.45. The second-order valence-corrected chi connectivity index (χ2v) is 5.32. The SMILES string of the molecule is O=C(NC1COCC1C(=O)O)c1cccc(I)c1. The van der Waals surface area contributed by atoms with Crippen LogP contribution in [0.25, 0.3) is 0 Å². The lowest BCUT2D eigenvalue weighted by molar-refractivity contribution is -0.142. The maximum Gasteiger partial charge on any atom is 0.311 e. The van der Waals surface area contributed by atoms with Crippen molar-refractivity contribution >= 4 is 34.5 Å². The monoisotopic (exact) mass is 361 g/mol. The zero-order valence-corrected chi connectivity index (χ0v) is 11.6. The third-order valence-electron chi connectivity index (χ3n) is 2.80. The Kier molecular flexibility index (Phi) is 4.18. The third kappa shape index (κ3) is 2.99. The lowest BCUT2D eigenvalue weighted by Gasteiger charge is -2.15. The van der Waals surface area contributed by atoms with Crippen molar-refractivity contribution in [2.24, 2.45) is 5.92 Å². The normalized spacial score (nSPS) is 22.7. The fourth-order valence-electron chi connectivity index (χ4n) is 1.82. The Morgan fingerprint density at radius 2 is 2.17 bits per heavy atom. The van der Waals surface area contributed by atoms with Gasteiger partial charge in [-0.3, -0.25) is 9.59 Å². The average molecular weight is 361 g/mol. The maximum absolute atomic E-state index is 12.0. The Morgan fingerprint density at radius 1 is 1.39 bits per heavy atom. The molecule has 5 nitrogen and oxygen atoms in total. The topological polar surface area (TPSA) is 75.6 Å². The highest BCUT2D eigenvalue weighted by Gasteiger charge is 2.35. The number of amides is 1. The van der Waals surface area contributed by atoms with E-state index in [0.717, 1.165) is 3.57 Å². The molecule has 1 aromatic rings. The molecule has 0 aromatic heterocycles. The first-order chi connectivity index (χ1) is 8.58. The molecule has 2 rings (SSSR count). The van der Waals surface area contributed by atoms with Crippen LogP contribution in [-0.4, -0.2) is 36.2 Å². The molecule has 1 amide bonds. The van der Waals surface area contributed by atoms with Gasteiger partial charge in [-0.25, -0.2) is 0 Å². The fraction of sp³-hybridized carbons (Fsp3) is 0.333. The minimum atomic E-state index is -0.944. The number of rotatable bonds is 3. The predicted molar refractivity (Wildman–Crippen MR) is 72.4 cm³/mol. The number of carboxylic acid groups (broad SMARTS) is 1. The van der Waals surface area contributed by atoms with Gasteiger partial charge in [-0.05, 0) is 40.8 Å². The Bertz CT molecular complexity index is 477. The van der Waals surface area contributed by atoms with E-state index in [4.69, 9.17) is 9.84 Å². The summed E-state index contributed by atoms with van der Waals surface area (Å²) in [6.45, 7) is 0.388. The quantitative estimate of drug-likeness (QED) is 0.792. The Morgan fingerprint density at radius 3 is 2.83 bits per heavy atom. The minimum absolute atomic E-state index is 0.145. The van der Waals surface area contributed by atoms with Gasteiger partial charge in [0.15, 0.2) is 0 Å². The number of carbonyl (C=O) groups is 2. The van der Waals surface area contributed by atoms with E-state index in [1.54, 1.807) is 18.2 Å². The molecular weight excluding hydrogens is 349 g/mol. The number of carbonyl (C=O) groups excluding carboxylic acids is 1. The van der Waals surface area contributed by atoms with Crippen molar-refractivity contribution in [3.63, 3.8) is 0 Å². The van der Waals surface area contributed by atoms with Crippen molar-refractivity contribution < 1.29 is 19.4 Å². The van der Waals surface area contributed by atoms with Crippen LogP contribution >= 0.6 is 22.6 Å². The van der Waals surface area contributed by atoms with Gasteiger partial charge in [0.25, 0.3) is 5.91 Å². The number of ether oxygens (including phenoxy) is 1. The van der Waals surface area contributed by atoms with Crippen LogP contribution < -0.4 is 5.32 Å². The van der Waals surface area contributed by atoms with Crippen molar-refractivity contribution in [2.75, 3.05) is 13.2 Å². The van der Waals surface area contributed by atoms with Gasteiger partial charge >= 0.3 is 5.97 Å². The molecule has 0 bridgehead atoms. The fourth-order valence-corrected chi connectivity index (χ4v) is 2.36. The van der Waals surface area contributed by atoms with Gasteiger partial charge in [0, 0.05) is 9.13 Å². The molecule has 6 heteroatoms. The molecule has 0 saturated carbocycles. The summed E-state index contributed by atoms with van der Waals surface area (Å²) in [7, 11) is 0. The number of benzene rings is 1. The van der Waals surface area contributed by atoms with E-state index in [0.29, 0.717) is 5.56 Å². The van der Waals surface area contributed by atoms with Gasteiger partial charge in [-0.2, -0.15) is 0 Å². The van der Waals surface area contributed by atoms with E-state index in [1.165, 1.54) is 0 Å². The summed E-state index contributed by atoms with van der Waals surface area (Å²) < 4.78 is 6.05. The summed E-state index contributed by atoms with van der Waals surface area (Å²) in [5.74, 6) is -1.88. The van der Waals surface area contributed by atoms with Crippen LogP contribution in [0.15, 0.2) is 24.3 Å². The van der Waals surface area contributed by atoms with E-state index in [2.05, 4.69) is 27.9 Å². The van der Waals surface area contributed by atoms with Gasteiger partial charge < -0.3 is 15.2 Å². The van der Waals surface area contributed by atoms with Crippen LogP contribution in [0.3, 0.4) is 0 Å². The maximum atomic E-state index is 12.0. The molecule has 18 heavy (non-hydrogen) atoms. The first kappa shape index (κ1) is 13.3. The standard InChI is InChI=1S/C12H12INO4/c13-8-3-1-2-7(4-8)11(15)14-10-6-18-5-9(10)12(16)17/h1-4,9-10H,5-6H2,(H,14,15)(H,16,17). The Balaban J connectivity index is 2.05. The molecule has 1 aliphatic heterocycles. The number of halogens is 1. The summed E-state index contributed by atoms with van der Waals surface area (Å²) in [6.07, 6.45) is 0. The van der Waals surface area contributed by atoms with Gasteiger partial charge in [-0.15, -0.1) is 0 Å². The van der Waals surface area contributed by atoms with Crippen LogP contribution in [0.4, 0.5) is 0 Å². The van der Waals surface area contributed by atoms with Crippen molar-refractivity contribution in [2.45, 2.75) is 6.04 Å². The number of aliphatic carboxylic acids is 1. The lowest BCUT2D eigenvalue weighted by Crippen LogP contribution is -2.42. The summed E-state index contributed by atoms with van der Waals surface area (Å²) in [4.78, 5) is 22.9. The van der Waals surface area contributed by atoms with Crippen LogP contribution in [0.5, 0.6) is 0 Å². The smallest absolute Gasteiger partial charge is 0.311 e. The van der Waals surface area contributed by atoms with Crippen molar-refractivity contribution in [1.29, 1.82) is 0 Å². The molecule has 2 N–H and O–H groups in total. The highest BCUT2D eigenvalue weighted by atomic mass is 127. The molecule has 0 aliphatic carbocycles. The summed E-state index contributed by atoms with van der Waals surface area (Å²) >= 11 is 2.12. The number of nitrogens with one attached hydrogen (secondary N) is 1. The van der Waals surface area contributed by atoms with Gasteiger partial charge in [0.05, 0.1) is 19.3 Å². The Hall–Kier alpha value is -1.15. The van der Waals surface area contributed by atoms with E-state index < -0.39 is 17.9 Å². The number of carboxylic acids is 1. The van der Waals surface area contributed by atoms with Gasteiger partial charge in [0.2, 0.25) is 0 Å². The van der Waals surface area contributed by atoms with Crippen LogP contribution in [-0.2, 0) is 9.53 Å². The molecule has 1 aliphatic rings. The summed E-state index contributed by atoms with van der Waals surface area (Å²) in [5.41, 5.74) is 0.526. The van der Waals surface area contributed by atoms with E-state index in [9.17, 15) is 9.59 Å². The van der Waals surface area contributed by atoms with Crippen LogP contribution in [0.1, 0.15) is 10.4 Å². The highest BCUT2D eigenvalue weighted by molar-refractivity contribution is 14.1. The molecule has 1 aromatic carbocycles. The second kappa shape index (κ2) is 5.66. The third-order valence-corrected chi connectivity index (χ3v) is 3.47. The van der Waals surface area contributed by atoms with Crippen LogP contribution in [0, 0.1) is 9.49 Å². The lowest BCUT2D eigenvalue weighted by atomic mass is 10.0. The molecule has 1 heterocycles. The molecule has 0 radical (unpaired) electrons. The van der Waals surface area contributed by atoms with Crippen molar-refractivity contribution in [3.05, 3.63) is 33.4 Å². The van der Waals surface area contributed by atoms with Crippen molar-refractivity contribution in [1.82, 2.24) is 5.32 Å². The van der Waals surface area contributed by atoms with E-state index in [1.807, 2.05) is 6.07 Å². The molecule has 2 atom stereocenters. The summed E-state index contributed by atoms with van der Waals surface area (Å²) in [6, 6.07) is 6.66. The minimum Gasteiger partial charge on any atom is -0.481 e. The predicted octanol–water partition coefficient (Wildman–Crippen LogP) is 1.12. The van der Waals surface area contributed by atoms with Gasteiger partial charge in [0.1, 0.15) is 5.92 Å². The zero-order chi connectivity index (χ0) is 13.1. The van der Waals surface area contributed by atoms with Gasteiger partial charge in [-0.1, -0.05) is 6.07 Å². The summed E-state index contributed by atoms with van der Waals surface area (Å²) in [5, 5.41) is 11.7. The van der Waals surface area contributed by atoms with Crippen molar-refractivity contribution in [3.8, 4) is 0 Å². The molecule has 96 valence electrons. The zero-order valence-electron chi connectivity index (χ0n) is 9.43. The second-order valence-electron chi connectivity index (χ2n) is 4.07. The molecule has 1 saturated heterocycles.